The van der Waals surface area contributed by atoms with Crippen LogP contribution in [0, 0.1) is 0 Å². The summed E-state index contributed by atoms with van der Waals surface area (Å²) in [7, 11) is 1.70. The van der Waals surface area contributed by atoms with Gasteiger partial charge in [-0.1, -0.05) is 0 Å². The SMILES string of the molecule is CO[C@H]1CCN(Cc2nc(C(=O)O)co2)C1. The summed E-state index contributed by atoms with van der Waals surface area (Å²) in [5, 5.41) is 8.68. The number of hydrogen-bond donors (Lipinski definition) is 1. The van der Waals surface area contributed by atoms with E-state index in [0.29, 0.717) is 12.4 Å². The lowest BCUT2D eigenvalue weighted by molar-refractivity contribution is 0.0690. The van der Waals surface area contributed by atoms with Crippen LogP contribution in [0.25, 0.3) is 0 Å². The van der Waals surface area contributed by atoms with Gasteiger partial charge < -0.3 is 14.3 Å². The monoisotopic (exact) mass is 226 g/mol. The highest BCUT2D eigenvalue weighted by Gasteiger charge is 2.23. The molecule has 1 fully saturated rings. The zero-order valence-corrected chi connectivity index (χ0v) is 9.05. The van der Waals surface area contributed by atoms with Crippen LogP contribution in [0.5, 0.6) is 0 Å². The van der Waals surface area contributed by atoms with Gasteiger partial charge in [-0.3, -0.25) is 4.90 Å². The van der Waals surface area contributed by atoms with Gasteiger partial charge in [0, 0.05) is 20.2 Å². The third-order valence-corrected chi connectivity index (χ3v) is 2.69. The number of aromatic carboxylic acids is 1. The fourth-order valence-electron chi connectivity index (χ4n) is 1.81. The highest BCUT2D eigenvalue weighted by molar-refractivity contribution is 5.84. The molecule has 0 unspecified atom stereocenters. The first kappa shape index (κ1) is 11.1. The van der Waals surface area contributed by atoms with E-state index >= 15 is 0 Å². The highest BCUT2D eigenvalue weighted by atomic mass is 16.5. The van der Waals surface area contributed by atoms with Crippen LogP contribution in [-0.4, -0.2) is 47.3 Å². The summed E-state index contributed by atoms with van der Waals surface area (Å²) in [6.45, 7) is 2.29. The maximum absolute atomic E-state index is 10.6. The van der Waals surface area contributed by atoms with E-state index < -0.39 is 5.97 Å². The summed E-state index contributed by atoms with van der Waals surface area (Å²) in [6.07, 6.45) is 2.42. The van der Waals surface area contributed by atoms with Gasteiger partial charge in [0.1, 0.15) is 6.26 Å². The predicted molar refractivity (Wildman–Crippen MR) is 54.2 cm³/mol. The molecule has 0 saturated carbocycles. The Morgan fingerprint density at radius 3 is 3.19 bits per heavy atom. The van der Waals surface area contributed by atoms with Crippen molar-refractivity contribution in [1.82, 2.24) is 9.88 Å². The molecular formula is C10H14N2O4. The van der Waals surface area contributed by atoms with Gasteiger partial charge >= 0.3 is 5.97 Å². The third kappa shape index (κ3) is 2.40. The molecule has 0 spiro atoms. The average molecular weight is 226 g/mol. The van der Waals surface area contributed by atoms with Crippen molar-refractivity contribution >= 4 is 5.97 Å². The van der Waals surface area contributed by atoms with Crippen LogP contribution in [0.2, 0.25) is 0 Å². The third-order valence-electron chi connectivity index (χ3n) is 2.69. The molecule has 2 rings (SSSR count). The lowest BCUT2D eigenvalue weighted by atomic mass is 10.3. The molecule has 0 bridgehead atoms. The summed E-state index contributed by atoms with van der Waals surface area (Å²) in [5.41, 5.74) is -0.0440. The second-order valence-corrected chi connectivity index (χ2v) is 3.81. The molecule has 0 amide bonds. The van der Waals surface area contributed by atoms with E-state index in [1.54, 1.807) is 7.11 Å². The van der Waals surface area contributed by atoms with Gasteiger partial charge in [-0.15, -0.1) is 0 Å². The van der Waals surface area contributed by atoms with Crippen molar-refractivity contribution in [2.24, 2.45) is 0 Å². The maximum Gasteiger partial charge on any atom is 0.357 e. The lowest BCUT2D eigenvalue weighted by Gasteiger charge is -2.12. The van der Waals surface area contributed by atoms with Gasteiger partial charge in [0.15, 0.2) is 5.69 Å². The van der Waals surface area contributed by atoms with Crippen molar-refractivity contribution in [3.8, 4) is 0 Å². The first-order valence-corrected chi connectivity index (χ1v) is 5.12. The largest absolute Gasteiger partial charge is 0.476 e. The fraction of sp³-hybridized carbons (Fsp3) is 0.600. The number of nitrogens with zero attached hydrogens (tertiary/aromatic N) is 2. The molecule has 1 saturated heterocycles. The van der Waals surface area contributed by atoms with Gasteiger partial charge in [-0.05, 0) is 6.42 Å². The Hall–Kier alpha value is -1.40. The minimum absolute atomic E-state index is 0.0440. The van der Waals surface area contributed by atoms with Crippen LogP contribution in [-0.2, 0) is 11.3 Å². The molecule has 0 aliphatic carbocycles. The lowest BCUT2D eigenvalue weighted by Crippen LogP contribution is -2.22. The summed E-state index contributed by atoms with van der Waals surface area (Å²) in [5.74, 6) is -0.625. The smallest absolute Gasteiger partial charge is 0.357 e. The topological polar surface area (TPSA) is 75.8 Å². The number of rotatable bonds is 4. The fourth-order valence-corrected chi connectivity index (χ4v) is 1.81. The van der Waals surface area contributed by atoms with Crippen molar-refractivity contribution in [2.45, 2.75) is 19.1 Å². The highest BCUT2D eigenvalue weighted by Crippen LogP contribution is 2.15. The number of methoxy groups -OCH3 is 1. The first-order chi connectivity index (χ1) is 7.69. The molecular weight excluding hydrogens is 212 g/mol. The minimum atomic E-state index is -1.06. The molecule has 1 aromatic heterocycles. The summed E-state index contributed by atoms with van der Waals surface area (Å²) < 4.78 is 10.3. The Morgan fingerprint density at radius 2 is 2.62 bits per heavy atom. The average Bonchev–Trinajstić information content (AvgIpc) is 2.87. The molecule has 1 aliphatic rings. The molecule has 6 heteroatoms. The molecule has 1 aromatic rings. The number of carboxylic acids is 1. The normalized spacial score (nSPS) is 21.4. The van der Waals surface area contributed by atoms with E-state index in [9.17, 15) is 4.79 Å². The predicted octanol–water partition coefficient (Wildman–Crippen LogP) is 0.593. The molecule has 88 valence electrons. The summed E-state index contributed by atoms with van der Waals surface area (Å²) in [4.78, 5) is 16.6. The number of likely N-dealkylation sites (tertiary alicyclic amines) is 1. The number of ether oxygens (including phenoxy) is 1. The van der Waals surface area contributed by atoms with Crippen molar-refractivity contribution in [2.75, 3.05) is 20.2 Å². The molecule has 0 aromatic carbocycles. The van der Waals surface area contributed by atoms with Crippen molar-refractivity contribution in [3.05, 3.63) is 17.8 Å². The minimum Gasteiger partial charge on any atom is -0.476 e. The Labute approximate surface area is 92.8 Å². The van der Waals surface area contributed by atoms with Crippen molar-refractivity contribution in [3.63, 3.8) is 0 Å². The molecule has 16 heavy (non-hydrogen) atoms. The quantitative estimate of drug-likeness (QED) is 0.810. The van der Waals surface area contributed by atoms with E-state index in [1.807, 2.05) is 0 Å². The number of oxazole rings is 1. The van der Waals surface area contributed by atoms with Gasteiger partial charge in [0.05, 0.1) is 12.6 Å². The Bertz CT molecular complexity index is 377. The number of carbonyl (C=O) groups is 1. The van der Waals surface area contributed by atoms with Gasteiger partial charge in [0.25, 0.3) is 0 Å². The van der Waals surface area contributed by atoms with Crippen molar-refractivity contribution in [1.29, 1.82) is 0 Å². The van der Waals surface area contributed by atoms with Gasteiger partial charge in [-0.25, -0.2) is 9.78 Å². The van der Waals surface area contributed by atoms with Crippen LogP contribution < -0.4 is 0 Å². The number of hydrogen-bond acceptors (Lipinski definition) is 5. The van der Waals surface area contributed by atoms with E-state index in [-0.39, 0.29) is 11.8 Å². The zero-order chi connectivity index (χ0) is 11.5. The van der Waals surface area contributed by atoms with Crippen LogP contribution in [0.1, 0.15) is 22.8 Å². The van der Waals surface area contributed by atoms with E-state index in [1.165, 1.54) is 6.26 Å². The molecule has 0 radical (unpaired) electrons. The van der Waals surface area contributed by atoms with Crippen LogP contribution in [0.3, 0.4) is 0 Å². The van der Waals surface area contributed by atoms with Gasteiger partial charge in [-0.2, -0.15) is 0 Å². The second kappa shape index (κ2) is 4.63. The Balaban J connectivity index is 1.92. The zero-order valence-electron chi connectivity index (χ0n) is 9.05. The maximum atomic E-state index is 10.6. The molecule has 1 N–H and O–H groups in total. The second-order valence-electron chi connectivity index (χ2n) is 3.81. The number of carboxylic acid groups (broad SMARTS) is 1. The van der Waals surface area contributed by atoms with Crippen LogP contribution in [0.4, 0.5) is 0 Å². The molecule has 6 nitrogen and oxygen atoms in total. The van der Waals surface area contributed by atoms with Crippen LogP contribution in [0.15, 0.2) is 10.7 Å². The van der Waals surface area contributed by atoms with Crippen LogP contribution >= 0.6 is 0 Å². The number of aromatic nitrogens is 1. The molecule has 1 atom stereocenters. The standard InChI is InChI=1S/C10H14N2O4/c1-15-7-2-3-12(4-7)5-9-11-8(6-16-9)10(13)14/h6-7H,2-5H2,1H3,(H,13,14)/t7-/m0/s1. The Morgan fingerprint density at radius 1 is 1.81 bits per heavy atom. The van der Waals surface area contributed by atoms with E-state index in [2.05, 4.69) is 9.88 Å². The summed E-state index contributed by atoms with van der Waals surface area (Å²) >= 11 is 0. The first-order valence-electron chi connectivity index (χ1n) is 5.12. The van der Waals surface area contributed by atoms with Crippen molar-refractivity contribution < 1.29 is 19.1 Å². The Kier molecular flexibility index (Phi) is 3.21. The summed E-state index contributed by atoms with van der Waals surface area (Å²) in [6, 6.07) is 0. The van der Waals surface area contributed by atoms with E-state index in [0.717, 1.165) is 19.5 Å². The molecule has 2 heterocycles. The van der Waals surface area contributed by atoms with E-state index in [4.69, 9.17) is 14.3 Å². The van der Waals surface area contributed by atoms with Gasteiger partial charge in [0.2, 0.25) is 5.89 Å². The molecule has 1 aliphatic heterocycles.